The topological polar surface area (TPSA) is 80.6 Å². The van der Waals surface area contributed by atoms with Crippen molar-refractivity contribution in [3.8, 4) is 5.75 Å². The van der Waals surface area contributed by atoms with Crippen LogP contribution in [0.3, 0.4) is 0 Å². The van der Waals surface area contributed by atoms with Crippen molar-refractivity contribution in [3.05, 3.63) is 99.7 Å². The predicted molar refractivity (Wildman–Crippen MR) is 151 cm³/mol. The molecular weight excluding hydrogens is 514 g/mol. The molecule has 1 heterocycles. The van der Waals surface area contributed by atoms with Gasteiger partial charge in [0.05, 0.1) is 6.04 Å². The average molecular weight is 549 g/mol. The number of carbonyl (C=O) groups excluding carboxylic acids is 1. The van der Waals surface area contributed by atoms with E-state index in [0.717, 1.165) is 33.8 Å². The lowest BCUT2D eigenvalue weighted by molar-refractivity contribution is -0.144. The summed E-state index contributed by atoms with van der Waals surface area (Å²) in [6.07, 6.45) is -1.34. The number of halogens is 2. The molecule has 8 heteroatoms. The number of aromatic nitrogens is 1. The molecule has 0 spiro atoms. The molecule has 0 aliphatic heterocycles. The molecular formula is C32H34F2N2O4. The second-order valence-electron chi connectivity index (χ2n) is 10.5. The molecule has 0 fully saturated rings. The van der Waals surface area contributed by atoms with Gasteiger partial charge in [0.15, 0.2) is 17.7 Å². The van der Waals surface area contributed by atoms with Gasteiger partial charge < -0.3 is 19.7 Å². The third kappa shape index (κ3) is 5.86. The Bertz CT molecular complexity index is 1590. The highest BCUT2D eigenvalue weighted by Gasteiger charge is 2.21. The van der Waals surface area contributed by atoms with Crippen LogP contribution >= 0.6 is 0 Å². The van der Waals surface area contributed by atoms with Crippen LogP contribution in [-0.4, -0.2) is 27.7 Å². The number of carboxylic acids is 1. The number of amides is 1. The second kappa shape index (κ2) is 11.5. The van der Waals surface area contributed by atoms with E-state index in [0.29, 0.717) is 17.0 Å². The molecule has 0 aliphatic rings. The van der Waals surface area contributed by atoms with Crippen molar-refractivity contribution < 1.29 is 28.2 Å². The summed E-state index contributed by atoms with van der Waals surface area (Å²) in [6, 6.07) is 15.9. The van der Waals surface area contributed by atoms with Crippen molar-refractivity contribution >= 4 is 22.8 Å². The number of carbonyl (C=O) groups is 2. The number of rotatable bonds is 9. The largest absolute Gasteiger partial charge is 0.479 e. The first-order chi connectivity index (χ1) is 18.9. The molecule has 40 heavy (non-hydrogen) atoms. The fourth-order valence-electron chi connectivity index (χ4n) is 4.76. The number of nitrogens with zero attached hydrogens (tertiary/aromatic N) is 1. The van der Waals surface area contributed by atoms with Crippen molar-refractivity contribution in [2.45, 2.75) is 66.2 Å². The number of aryl methyl sites for hydroxylation is 1. The zero-order valence-corrected chi connectivity index (χ0v) is 23.5. The standard InChI is InChI=1S/C32H34F2N2O4/c1-17(2)23-8-7-9-24(14-23)19(4)35-31(37)25-10-11-28-26(15-25)18(3)20(5)36(28)16-22-12-27(33)30(34)29(13-22)40-21(6)32(38)39/h7-15,17,19,21H,16H2,1-6H3,(H,35,37)(H,38,39). The maximum Gasteiger partial charge on any atom is 0.344 e. The summed E-state index contributed by atoms with van der Waals surface area (Å²) in [6.45, 7) is 11.5. The van der Waals surface area contributed by atoms with E-state index in [-0.39, 0.29) is 18.5 Å². The fraction of sp³-hybridized carbons (Fsp3) is 0.312. The van der Waals surface area contributed by atoms with Gasteiger partial charge in [-0.1, -0.05) is 38.1 Å². The van der Waals surface area contributed by atoms with Crippen LogP contribution in [0.5, 0.6) is 5.75 Å². The zero-order chi connectivity index (χ0) is 29.3. The Morgan fingerprint density at radius 3 is 2.35 bits per heavy atom. The minimum atomic E-state index is -1.34. The molecule has 0 bridgehead atoms. The number of nitrogens with one attached hydrogen (secondary N) is 1. The molecule has 1 amide bonds. The number of fused-ring (bicyclic) bond motifs is 1. The van der Waals surface area contributed by atoms with Crippen LogP contribution in [0.1, 0.15) is 78.0 Å². The van der Waals surface area contributed by atoms with Crippen molar-refractivity contribution in [1.82, 2.24) is 9.88 Å². The summed E-state index contributed by atoms with van der Waals surface area (Å²) in [7, 11) is 0. The van der Waals surface area contributed by atoms with Gasteiger partial charge >= 0.3 is 5.97 Å². The third-order valence-electron chi connectivity index (χ3n) is 7.37. The maximum absolute atomic E-state index is 14.4. The van der Waals surface area contributed by atoms with Crippen molar-refractivity contribution in [1.29, 1.82) is 0 Å². The normalized spacial score (nSPS) is 12.9. The van der Waals surface area contributed by atoms with Gasteiger partial charge in [-0.3, -0.25) is 4.79 Å². The van der Waals surface area contributed by atoms with E-state index in [1.807, 2.05) is 49.6 Å². The Kier molecular flexibility index (Phi) is 8.28. The lowest BCUT2D eigenvalue weighted by atomic mass is 9.98. The monoisotopic (exact) mass is 548 g/mol. The third-order valence-corrected chi connectivity index (χ3v) is 7.37. The first kappa shape index (κ1) is 28.8. The van der Waals surface area contributed by atoms with Crippen LogP contribution in [0.4, 0.5) is 8.78 Å². The number of hydrogen-bond acceptors (Lipinski definition) is 3. The molecule has 0 saturated carbocycles. The average Bonchev–Trinajstić information content (AvgIpc) is 3.15. The van der Waals surface area contributed by atoms with Gasteiger partial charge in [-0.05, 0) is 86.2 Å². The van der Waals surface area contributed by atoms with Gasteiger partial charge in [-0.25, -0.2) is 9.18 Å². The van der Waals surface area contributed by atoms with Gasteiger partial charge in [0.2, 0.25) is 5.82 Å². The molecule has 6 nitrogen and oxygen atoms in total. The van der Waals surface area contributed by atoms with E-state index < -0.39 is 29.5 Å². The van der Waals surface area contributed by atoms with E-state index in [1.165, 1.54) is 18.6 Å². The zero-order valence-electron chi connectivity index (χ0n) is 23.5. The van der Waals surface area contributed by atoms with E-state index in [4.69, 9.17) is 9.84 Å². The molecule has 2 N–H and O–H groups in total. The van der Waals surface area contributed by atoms with Gasteiger partial charge in [-0.2, -0.15) is 4.39 Å². The number of ether oxygens (including phenoxy) is 1. The molecule has 4 rings (SSSR count). The highest BCUT2D eigenvalue weighted by molar-refractivity contribution is 5.99. The van der Waals surface area contributed by atoms with Crippen LogP contribution in [0, 0.1) is 25.5 Å². The lowest BCUT2D eigenvalue weighted by Gasteiger charge is -2.17. The van der Waals surface area contributed by atoms with Crippen molar-refractivity contribution in [3.63, 3.8) is 0 Å². The van der Waals surface area contributed by atoms with E-state index >= 15 is 0 Å². The van der Waals surface area contributed by atoms with E-state index in [2.05, 4.69) is 31.3 Å². The predicted octanol–water partition coefficient (Wildman–Crippen LogP) is 7.05. The molecule has 0 radical (unpaired) electrons. The molecule has 1 aromatic heterocycles. The Morgan fingerprint density at radius 2 is 1.68 bits per heavy atom. The van der Waals surface area contributed by atoms with E-state index in [9.17, 15) is 18.4 Å². The molecule has 0 saturated heterocycles. The summed E-state index contributed by atoms with van der Waals surface area (Å²) in [5, 5.41) is 13.0. The summed E-state index contributed by atoms with van der Waals surface area (Å²) in [4.78, 5) is 24.3. The van der Waals surface area contributed by atoms with Gasteiger partial charge in [0.25, 0.3) is 5.91 Å². The molecule has 0 aliphatic carbocycles. The summed E-state index contributed by atoms with van der Waals surface area (Å²) in [5.74, 6) is -3.90. The smallest absolute Gasteiger partial charge is 0.344 e. The second-order valence-corrected chi connectivity index (χ2v) is 10.5. The number of hydrogen-bond donors (Lipinski definition) is 2. The molecule has 2 atom stereocenters. The Morgan fingerprint density at radius 1 is 0.975 bits per heavy atom. The summed E-state index contributed by atoms with van der Waals surface area (Å²) >= 11 is 0. The number of aliphatic carboxylic acids is 1. The molecule has 2 unspecified atom stereocenters. The first-order valence-corrected chi connectivity index (χ1v) is 13.2. The van der Waals surface area contributed by atoms with Gasteiger partial charge in [0.1, 0.15) is 0 Å². The van der Waals surface area contributed by atoms with Crippen LogP contribution in [0.2, 0.25) is 0 Å². The fourth-order valence-corrected chi connectivity index (χ4v) is 4.76. The highest BCUT2D eigenvalue weighted by Crippen LogP contribution is 2.30. The maximum atomic E-state index is 14.4. The van der Waals surface area contributed by atoms with Crippen LogP contribution in [-0.2, 0) is 11.3 Å². The van der Waals surface area contributed by atoms with E-state index in [1.54, 1.807) is 6.07 Å². The Hall–Kier alpha value is -4.20. The minimum absolute atomic E-state index is 0.178. The SMILES string of the molecule is Cc1c(C)n(Cc2cc(F)c(F)c(OC(C)C(=O)O)c2)c2ccc(C(=O)NC(C)c3cccc(C(C)C)c3)cc12. The molecule has 210 valence electrons. The summed E-state index contributed by atoms with van der Waals surface area (Å²) < 4.78 is 35.8. The van der Waals surface area contributed by atoms with Crippen LogP contribution < -0.4 is 10.1 Å². The number of benzene rings is 3. The Balaban J connectivity index is 1.61. The Labute approximate surface area is 232 Å². The van der Waals surface area contributed by atoms with Crippen molar-refractivity contribution in [2.75, 3.05) is 0 Å². The highest BCUT2D eigenvalue weighted by atomic mass is 19.2. The van der Waals surface area contributed by atoms with Crippen LogP contribution in [0.15, 0.2) is 54.6 Å². The lowest BCUT2D eigenvalue weighted by Crippen LogP contribution is -2.26. The van der Waals surface area contributed by atoms with Crippen molar-refractivity contribution in [2.24, 2.45) is 0 Å². The first-order valence-electron chi connectivity index (χ1n) is 13.2. The van der Waals surface area contributed by atoms with Crippen LogP contribution in [0.25, 0.3) is 10.9 Å². The van der Waals surface area contributed by atoms with Gasteiger partial charge in [0, 0.05) is 28.7 Å². The quantitative estimate of drug-likeness (QED) is 0.235. The molecule has 3 aromatic carbocycles. The van der Waals surface area contributed by atoms with Gasteiger partial charge in [-0.15, -0.1) is 0 Å². The number of carboxylic acid groups (broad SMARTS) is 1. The minimum Gasteiger partial charge on any atom is -0.479 e. The summed E-state index contributed by atoms with van der Waals surface area (Å²) in [5.41, 5.74) is 5.86. The molecule has 4 aromatic rings.